The number of aromatic nitrogens is 1. The van der Waals surface area contributed by atoms with Crippen LogP contribution in [-0.4, -0.2) is 30.5 Å². The number of thiazole rings is 1. The summed E-state index contributed by atoms with van der Waals surface area (Å²) in [5.41, 5.74) is 1.99. The predicted molar refractivity (Wildman–Crippen MR) is 94.5 cm³/mol. The van der Waals surface area contributed by atoms with Gasteiger partial charge in [0.25, 0.3) is 5.91 Å². The first-order chi connectivity index (χ1) is 11.7. The lowest BCUT2D eigenvalue weighted by atomic mass is 10.2. The largest absolute Gasteiger partial charge is 0.375 e. The summed E-state index contributed by atoms with van der Waals surface area (Å²) in [6.45, 7) is -0.000882. The number of benzene rings is 2. The minimum Gasteiger partial charge on any atom is -0.375 e. The van der Waals surface area contributed by atoms with Crippen molar-refractivity contribution in [3.8, 4) is 0 Å². The van der Waals surface area contributed by atoms with E-state index in [4.69, 9.17) is 4.74 Å². The molecule has 7 heteroatoms. The van der Waals surface area contributed by atoms with Crippen LogP contribution in [0, 0.1) is 0 Å². The van der Waals surface area contributed by atoms with E-state index in [1.807, 2.05) is 24.3 Å². The number of nitrogens with zero attached hydrogens (tertiary/aromatic N) is 1. The second-order valence-electron chi connectivity index (χ2n) is 5.00. The first-order valence-corrected chi connectivity index (χ1v) is 8.03. The van der Waals surface area contributed by atoms with Gasteiger partial charge in [-0.25, -0.2) is 4.98 Å². The summed E-state index contributed by atoms with van der Waals surface area (Å²) >= 11 is 1.35. The van der Waals surface area contributed by atoms with Crippen LogP contribution in [0.5, 0.6) is 0 Å². The van der Waals surface area contributed by atoms with Gasteiger partial charge in [0, 0.05) is 18.4 Å². The van der Waals surface area contributed by atoms with Gasteiger partial charge in [-0.2, -0.15) is 0 Å². The molecule has 2 N–H and O–H groups in total. The fourth-order valence-corrected chi connectivity index (χ4v) is 3.04. The number of amides is 2. The Balaban J connectivity index is 1.76. The Labute approximate surface area is 142 Å². The van der Waals surface area contributed by atoms with E-state index in [0.29, 0.717) is 16.4 Å². The third-order valence-corrected chi connectivity index (χ3v) is 4.14. The zero-order valence-electron chi connectivity index (χ0n) is 12.9. The molecule has 0 radical (unpaired) electrons. The molecule has 0 fully saturated rings. The molecule has 0 aliphatic rings. The van der Waals surface area contributed by atoms with Crippen molar-refractivity contribution in [1.29, 1.82) is 0 Å². The SMILES string of the molecule is COCC(=O)Nc1ccc2nc(NC(=O)c3ccccc3)sc2c1. The summed E-state index contributed by atoms with van der Waals surface area (Å²) < 4.78 is 5.65. The van der Waals surface area contributed by atoms with E-state index >= 15 is 0 Å². The molecule has 2 amide bonds. The summed E-state index contributed by atoms with van der Waals surface area (Å²) in [4.78, 5) is 28.1. The van der Waals surface area contributed by atoms with Crippen LogP contribution >= 0.6 is 11.3 Å². The number of methoxy groups -OCH3 is 1. The second-order valence-corrected chi connectivity index (χ2v) is 6.03. The molecule has 0 aliphatic carbocycles. The molecule has 0 unspecified atom stereocenters. The van der Waals surface area contributed by atoms with E-state index in [-0.39, 0.29) is 18.4 Å². The molecular weight excluding hydrogens is 326 g/mol. The van der Waals surface area contributed by atoms with E-state index in [0.717, 1.165) is 10.2 Å². The number of rotatable bonds is 5. The highest BCUT2D eigenvalue weighted by molar-refractivity contribution is 7.22. The normalized spacial score (nSPS) is 10.5. The van der Waals surface area contributed by atoms with E-state index in [1.54, 1.807) is 24.3 Å². The zero-order chi connectivity index (χ0) is 16.9. The molecule has 24 heavy (non-hydrogen) atoms. The maximum absolute atomic E-state index is 12.2. The Morgan fingerprint density at radius 1 is 1.12 bits per heavy atom. The lowest BCUT2D eigenvalue weighted by molar-refractivity contribution is -0.119. The van der Waals surface area contributed by atoms with Crippen molar-refractivity contribution in [2.24, 2.45) is 0 Å². The number of hydrogen-bond acceptors (Lipinski definition) is 5. The summed E-state index contributed by atoms with van der Waals surface area (Å²) in [6, 6.07) is 14.3. The number of nitrogens with one attached hydrogen (secondary N) is 2. The first kappa shape index (κ1) is 16.1. The van der Waals surface area contributed by atoms with Crippen molar-refractivity contribution in [2.45, 2.75) is 0 Å². The van der Waals surface area contributed by atoms with Gasteiger partial charge >= 0.3 is 0 Å². The number of carbonyl (C=O) groups is 2. The van der Waals surface area contributed by atoms with Gasteiger partial charge in [0.1, 0.15) is 6.61 Å². The van der Waals surface area contributed by atoms with Crippen LogP contribution in [0.3, 0.4) is 0 Å². The maximum Gasteiger partial charge on any atom is 0.257 e. The molecule has 0 saturated heterocycles. The standard InChI is InChI=1S/C17H15N3O3S/c1-23-10-15(21)18-12-7-8-13-14(9-12)24-17(19-13)20-16(22)11-5-3-2-4-6-11/h2-9H,10H2,1H3,(H,18,21)(H,19,20,22). The topological polar surface area (TPSA) is 80.3 Å². The molecule has 1 aromatic heterocycles. The van der Waals surface area contributed by atoms with Crippen molar-refractivity contribution in [3.63, 3.8) is 0 Å². The maximum atomic E-state index is 12.2. The molecule has 3 rings (SSSR count). The average molecular weight is 341 g/mol. The smallest absolute Gasteiger partial charge is 0.257 e. The number of ether oxygens (including phenoxy) is 1. The van der Waals surface area contributed by atoms with Gasteiger partial charge in [0.2, 0.25) is 5.91 Å². The highest BCUT2D eigenvalue weighted by atomic mass is 32.1. The van der Waals surface area contributed by atoms with E-state index < -0.39 is 0 Å². The number of hydrogen-bond donors (Lipinski definition) is 2. The van der Waals surface area contributed by atoms with Gasteiger partial charge in [-0.05, 0) is 30.3 Å². The molecule has 122 valence electrons. The van der Waals surface area contributed by atoms with Crippen LogP contribution in [0.25, 0.3) is 10.2 Å². The van der Waals surface area contributed by atoms with Crippen LogP contribution in [0.2, 0.25) is 0 Å². The van der Waals surface area contributed by atoms with Gasteiger partial charge in [-0.15, -0.1) is 0 Å². The third-order valence-electron chi connectivity index (χ3n) is 3.20. The molecule has 0 aliphatic heterocycles. The van der Waals surface area contributed by atoms with Crippen LogP contribution in [0.1, 0.15) is 10.4 Å². The van der Waals surface area contributed by atoms with Crippen molar-refractivity contribution in [3.05, 3.63) is 54.1 Å². The Hall–Kier alpha value is -2.77. The van der Waals surface area contributed by atoms with Gasteiger partial charge in [0.05, 0.1) is 10.2 Å². The van der Waals surface area contributed by atoms with Crippen molar-refractivity contribution in [2.75, 3.05) is 24.4 Å². The quantitative estimate of drug-likeness (QED) is 0.747. The molecular formula is C17H15N3O3S. The minimum absolute atomic E-state index is 0.000882. The first-order valence-electron chi connectivity index (χ1n) is 7.21. The van der Waals surface area contributed by atoms with Gasteiger partial charge in [0.15, 0.2) is 5.13 Å². The average Bonchev–Trinajstić information content (AvgIpc) is 2.97. The number of carbonyl (C=O) groups excluding carboxylic acids is 2. The molecule has 0 bridgehead atoms. The van der Waals surface area contributed by atoms with Crippen LogP contribution in [-0.2, 0) is 9.53 Å². The molecule has 6 nitrogen and oxygen atoms in total. The fraction of sp³-hybridized carbons (Fsp3) is 0.118. The molecule has 0 saturated carbocycles. The minimum atomic E-state index is -0.223. The molecule has 2 aromatic carbocycles. The highest BCUT2D eigenvalue weighted by Crippen LogP contribution is 2.28. The lowest BCUT2D eigenvalue weighted by Gasteiger charge is -2.03. The predicted octanol–water partition coefficient (Wildman–Crippen LogP) is 3.13. The van der Waals surface area contributed by atoms with Gasteiger partial charge in [-0.1, -0.05) is 29.5 Å². The van der Waals surface area contributed by atoms with Crippen molar-refractivity contribution < 1.29 is 14.3 Å². The summed E-state index contributed by atoms with van der Waals surface area (Å²) in [5, 5.41) is 6.04. The van der Waals surface area contributed by atoms with E-state index in [1.165, 1.54) is 18.4 Å². The second kappa shape index (κ2) is 7.20. The number of fused-ring (bicyclic) bond motifs is 1. The van der Waals surface area contributed by atoms with Crippen LogP contribution in [0.15, 0.2) is 48.5 Å². The lowest BCUT2D eigenvalue weighted by Crippen LogP contribution is -2.16. The molecule has 3 aromatic rings. The summed E-state index contributed by atoms with van der Waals surface area (Å²) in [7, 11) is 1.47. The Bertz CT molecular complexity index is 877. The third kappa shape index (κ3) is 3.76. The fourth-order valence-electron chi connectivity index (χ4n) is 2.14. The summed E-state index contributed by atoms with van der Waals surface area (Å²) in [5.74, 6) is -0.428. The van der Waals surface area contributed by atoms with Crippen molar-refractivity contribution >= 4 is 44.2 Å². The molecule has 1 heterocycles. The van der Waals surface area contributed by atoms with E-state index in [9.17, 15) is 9.59 Å². The van der Waals surface area contributed by atoms with Crippen LogP contribution < -0.4 is 10.6 Å². The molecule has 0 atom stereocenters. The van der Waals surface area contributed by atoms with E-state index in [2.05, 4.69) is 15.6 Å². The van der Waals surface area contributed by atoms with Crippen molar-refractivity contribution in [1.82, 2.24) is 4.98 Å². The Morgan fingerprint density at radius 2 is 1.92 bits per heavy atom. The highest BCUT2D eigenvalue weighted by Gasteiger charge is 2.10. The monoisotopic (exact) mass is 341 g/mol. The zero-order valence-corrected chi connectivity index (χ0v) is 13.7. The van der Waals surface area contributed by atoms with Gasteiger partial charge < -0.3 is 10.1 Å². The Morgan fingerprint density at radius 3 is 2.67 bits per heavy atom. The molecule has 0 spiro atoms. The van der Waals surface area contributed by atoms with Crippen LogP contribution in [0.4, 0.5) is 10.8 Å². The Kier molecular flexibility index (Phi) is 4.83. The summed E-state index contributed by atoms with van der Waals surface area (Å²) in [6.07, 6.45) is 0. The number of anilines is 2. The van der Waals surface area contributed by atoms with Gasteiger partial charge in [-0.3, -0.25) is 14.9 Å².